The number of nitrogens with zero attached hydrogens (tertiary/aromatic N) is 1. The molecule has 25 heavy (non-hydrogen) atoms. The van der Waals surface area contributed by atoms with Gasteiger partial charge in [-0.2, -0.15) is 0 Å². The van der Waals surface area contributed by atoms with Gasteiger partial charge in [-0.05, 0) is 24.8 Å². The van der Waals surface area contributed by atoms with Crippen LogP contribution in [0.1, 0.15) is 35.5 Å². The van der Waals surface area contributed by atoms with Gasteiger partial charge in [-0.25, -0.2) is 18.2 Å². The van der Waals surface area contributed by atoms with Crippen LogP contribution in [0.25, 0.3) is 0 Å². The molecule has 134 valence electrons. The Balaban J connectivity index is 1.49. The fraction of sp³-hybridized carbons (Fsp3) is 0.467. The van der Waals surface area contributed by atoms with Crippen LogP contribution in [0.5, 0.6) is 0 Å². The predicted molar refractivity (Wildman–Crippen MR) is 96.0 cm³/mol. The molecule has 0 saturated heterocycles. The number of hydrogen-bond donors (Lipinski definition) is 2. The molecule has 7 nitrogen and oxygen atoms in total. The zero-order valence-electron chi connectivity index (χ0n) is 13.4. The molecule has 0 aromatic carbocycles. The second kappa shape index (κ2) is 6.35. The number of rotatable bonds is 2. The number of nitrogens with one attached hydrogen (secondary N) is 2. The first-order chi connectivity index (χ1) is 11.9. The molecular weight excluding hydrogens is 382 g/mol. The summed E-state index contributed by atoms with van der Waals surface area (Å²) in [4.78, 5) is 17.8. The summed E-state index contributed by atoms with van der Waals surface area (Å²) in [7, 11) is -3.28. The minimum absolute atomic E-state index is 0.322. The first-order valence-electron chi connectivity index (χ1n) is 7.90. The van der Waals surface area contributed by atoms with Crippen molar-refractivity contribution in [1.82, 2.24) is 10.3 Å². The van der Waals surface area contributed by atoms with E-state index in [9.17, 15) is 13.2 Å². The van der Waals surface area contributed by atoms with Crippen molar-refractivity contribution in [3.8, 4) is 0 Å². The van der Waals surface area contributed by atoms with Crippen molar-refractivity contribution < 1.29 is 17.9 Å². The Morgan fingerprint density at radius 1 is 1.44 bits per heavy atom. The molecule has 2 aliphatic rings. The largest absolute Gasteiger partial charge is 0.375 e. The average Bonchev–Trinajstić information content (AvgIpc) is 3.19. The van der Waals surface area contributed by atoms with E-state index < -0.39 is 15.1 Å². The number of thiophene rings is 1. The molecule has 2 aliphatic heterocycles. The molecule has 2 aromatic rings. The molecule has 0 spiro atoms. The number of urea groups is 1. The molecule has 0 bridgehead atoms. The van der Waals surface area contributed by atoms with Gasteiger partial charge in [0.15, 0.2) is 15.0 Å². The third-order valence-electron chi connectivity index (χ3n) is 4.41. The molecule has 2 N–H and O–H groups in total. The van der Waals surface area contributed by atoms with E-state index in [-0.39, 0.29) is 12.1 Å². The van der Waals surface area contributed by atoms with E-state index in [1.165, 1.54) is 22.7 Å². The molecule has 2 aromatic heterocycles. The van der Waals surface area contributed by atoms with Crippen LogP contribution in [0.3, 0.4) is 0 Å². The van der Waals surface area contributed by atoms with E-state index in [2.05, 4.69) is 15.6 Å². The highest BCUT2D eigenvalue weighted by Crippen LogP contribution is 2.39. The predicted octanol–water partition coefficient (Wildman–Crippen LogP) is 2.71. The standard InChI is InChI=1S/C15H17N3O4S3/c1-8-6-11(9-3-5-23-13(9)25(8,20)21)16-14(19)18-15-17-10-2-4-22-7-12(10)24-15/h3,5,8,11H,2,4,6-7H2,1H3,(H2,16,17,18,19)/t8-,11-/m0/s1. The summed E-state index contributed by atoms with van der Waals surface area (Å²) in [5.41, 5.74) is 1.65. The summed E-state index contributed by atoms with van der Waals surface area (Å²) in [6, 6.07) is 1.08. The molecule has 2 amide bonds. The van der Waals surface area contributed by atoms with Gasteiger partial charge in [-0.1, -0.05) is 11.3 Å². The number of fused-ring (bicyclic) bond motifs is 2. The summed E-state index contributed by atoms with van der Waals surface area (Å²) in [5.74, 6) is 0. The lowest BCUT2D eigenvalue weighted by Crippen LogP contribution is -2.38. The second-order valence-corrected chi connectivity index (χ2v) is 10.7. The van der Waals surface area contributed by atoms with Gasteiger partial charge in [0.05, 0.1) is 35.1 Å². The number of carbonyl (C=O) groups excluding carboxylic acids is 1. The quantitative estimate of drug-likeness (QED) is 0.809. The van der Waals surface area contributed by atoms with Crippen molar-refractivity contribution in [2.45, 2.75) is 41.9 Å². The Hall–Kier alpha value is -1.49. The minimum atomic E-state index is -3.28. The molecule has 0 saturated carbocycles. The number of aromatic nitrogens is 1. The highest BCUT2D eigenvalue weighted by Gasteiger charge is 2.38. The van der Waals surface area contributed by atoms with E-state index in [0.717, 1.165) is 17.0 Å². The summed E-state index contributed by atoms with van der Waals surface area (Å²) in [6.07, 6.45) is 1.12. The molecule has 10 heteroatoms. The van der Waals surface area contributed by atoms with Crippen LogP contribution >= 0.6 is 22.7 Å². The van der Waals surface area contributed by atoms with Crippen molar-refractivity contribution in [3.63, 3.8) is 0 Å². The number of carbonyl (C=O) groups is 1. The SMILES string of the molecule is C[C@H]1C[C@H](NC(=O)Nc2nc3c(s2)COCC3)c2ccsc2S1(=O)=O. The van der Waals surface area contributed by atoms with Gasteiger partial charge in [0.25, 0.3) is 0 Å². The van der Waals surface area contributed by atoms with Crippen molar-refractivity contribution >= 4 is 43.7 Å². The molecule has 0 fully saturated rings. The summed E-state index contributed by atoms with van der Waals surface area (Å²) < 4.78 is 30.5. The van der Waals surface area contributed by atoms with Gasteiger partial charge in [0.1, 0.15) is 4.21 Å². The summed E-state index contributed by atoms with van der Waals surface area (Å²) in [5, 5.41) is 7.42. The molecule has 2 atom stereocenters. The Labute approximate surface area is 153 Å². The normalized spacial score (nSPS) is 24.2. The van der Waals surface area contributed by atoms with Crippen molar-refractivity contribution in [2.75, 3.05) is 11.9 Å². The average molecular weight is 400 g/mol. The van der Waals surface area contributed by atoms with E-state index in [1.54, 1.807) is 18.4 Å². The van der Waals surface area contributed by atoms with Gasteiger partial charge in [0, 0.05) is 12.0 Å². The maximum Gasteiger partial charge on any atom is 0.321 e. The van der Waals surface area contributed by atoms with Gasteiger partial charge in [-0.3, -0.25) is 5.32 Å². The van der Waals surface area contributed by atoms with Gasteiger partial charge >= 0.3 is 6.03 Å². The Kier molecular flexibility index (Phi) is 4.30. The number of thiazole rings is 1. The van der Waals surface area contributed by atoms with E-state index >= 15 is 0 Å². The lowest BCUT2D eigenvalue weighted by molar-refractivity contribution is 0.112. The third kappa shape index (κ3) is 3.07. The molecule has 4 heterocycles. The first kappa shape index (κ1) is 17.0. The Morgan fingerprint density at radius 3 is 3.08 bits per heavy atom. The van der Waals surface area contributed by atoms with Crippen LogP contribution in [-0.4, -0.2) is 31.3 Å². The molecule has 4 rings (SSSR count). The van der Waals surface area contributed by atoms with Crippen LogP contribution in [-0.2, 0) is 27.6 Å². The van der Waals surface area contributed by atoms with Crippen molar-refractivity contribution in [3.05, 3.63) is 27.6 Å². The van der Waals surface area contributed by atoms with Crippen LogP contribution in [0.4, 0.5) is 9.93 Å². The van der Waals surface area contributed by atoms with Crippen LogP contribution in [0, 0.1) is 0 Å². The summed E-state index contributed by atoms with van der Waals surface area (Å²) in [6.45, 7) is 2.86. The maximum atomic E-state index is 12.4. The fourth-order valence-corrected chi connectivity index (χ4v) is 7.24. The monoisotopic (exact) mass is 399 g/mol. The number of amides is 2. The Bertz CT molecular complexity index is 895. The van der Waals surface area contributed by atoms with Gasteiger partial charge in [0.2, 0.25) is 0 Å². The van der Waals surface area contributed by atoms with Crippen molar-refractivity contribution in [1.29, 1.82) is 0 Å². The molecule has 0 unspecified atom stereocenters. The van der Waals surface area contributed by atoms with Crippen LogP contribution < -0.4 is 10.6 Å². The fourth-order valence-electron chi connectivity index (χ4n) is 3.07. The Morgan fingerprint density at radius 2 is 2.28 bits per heavy atom. The molecule has 0 radical (unpaired) electrons. The molecular formula is C15H17N3O4S3. The zero-order chi connectivity index (χ0) is 17.6. The van der Waals surface area contributed by atoms with E-state index in [4.69, 9.17) is 4.74 Å². The second-order valence-electron chi connectivity index (χ2n) is 6.10. The number of ether oxygens (including phenoxy) is 1. The van der Waals surface area contributed by atoms with Crippen molar-refractivity contribution in [2.24, 2.45) is 0 Å². The third-order valence-corrected chi connectivity index (χ3v) is 9.11. The number of anilines is 1. The lowest BCUT2D eigenvalue weighted by atomic mass is 10.1. The van der Waals surface area contributed by atoms with Gasteiger partial charge in [-0.15, -0.1) is 11.3 Å². The van der Waals surface area contributed by atoms with E-state index in [0.29, 0.717) is 34.5 Å². The first-order valence-corrected chi connectivity index (χ1v) is 11.1. The molecule has 0 aliphatic carbocycles. The minimum Gasteiger partial charge on any atom is -0.375 e. The van der Waals surface area contributed by atoms with Crippen LogP contribution in [0.15, 0.2) is 15.7 Å². The smallest absolute Gasteiger partial charge is 0.321 e. The zero-order valence-corrected chi connectivity index (χ0v) is 15.9. The highest BCUT2D eigenvalue weighted by molar-refractivity contribution is 7.94. The number of sulfone groups is 1. The lowest BCUT2D eigenvalue weighted by Gasteiger charge is -2.27. The highest BCUT2D eigenvalue weighted by atomic mass is 32.2. The van der Waals surface area contributed by atoms with E-state index in [1.807, 2.05) is 0 Å². The van der Waals surface area contributed by atoms with Crippen LogP contribution in [0.2, 0.25) is 0 Å². The summed E-state index contributed by atoms with van der Waals surface area (Å²) >= 11 is 2.62. The van der Waals surface area contributed by atoms with Gasteiger partial charge < -0.3 is 10.1 Å². The number of hydrogen-bond acceptors (Lipinski definition) is 7. The maximum absolute atomic E-state index is 12.4. The topological polar surface area (TPSA) is 97.4 Å².